The number of anilines is 1. The van der Waals surface area contributed by atoms with Gasteiger partial charge in [-0.25, -0.2) is 4.98 Å². The third kappa shape index (κ3) is 2.04. The van der Waals surface area contributed by atoms with E-state index < -0.39 is 23.2 Å². The zero-order valence-electron chi connectivity index (χ0n) is 9.85. The number of aromatic nitrogens is 1. The smallest absolute Gasteiger partial charge is 0.307 e. The molecule has 1 saturated carbocycles. The van der Waals surface area contributed by atoms with Gasteiger partial charge in [0.05, 0.1) is 11.8 Å². The van der Waals surface area contributed by atoms with Crippen LogP contribution in [0.3, 0.4) is 0 Å². The molecule has 1 amide bonds. The van der Waals surface area contributed by atoms with E-state index in [2.05, 4.69) is 10.3 Å². The molecule has 0 aliphatic heterocycles. The van der Waals surface area contributed by atoms with Crippen molar-refractivity contribution in [3.05, 3.63) is 11.1 Å². The number of carboxylic acid groups (broad SMARTS) is 1. The Balaban J connectivity index is 2.05. The predicted molar refractivity (Wildman–Crippen MR) is 63.9 cm³/mol. The van der Waals surface area contributed by atoms with Gasteiger partial charge in [-0.1, -0.05) is 13.8 Å². The molecule has 0 bridgehead atoms. The molecular formula is C11H14N2O3S. The van der Waals surface area contributed by atoms with Gasteiger partial charge in [0, 0.05) is 11.1 Å². The Morgan fingerprint density at radius 3 is 2.53 bits per heavy atom. The second-order valence-electron chi connectivity index (χ2n) is 4.88. The van der Waals surface area contributed by atoms with E-state index in [0.717, 1.165) is 4.88 Å². The first-order valence-corrected chi connectivity index (χ1v) is 6.12. The summed E-state index contributed by atoms with van der Waals surface area (Å²) < 4.78 is 0. The van der Waals surface area contributed by atoms with Crippen LogP contribution < -0.4 is 5.32 Å². The standard InChI is InChI=1S/C11H14N2O3S/c1-5-4-12-10(17-5)13-8(14)6-7(9(15)16)11(6,2)3/h4,6-7H,1-3H3,(H,15,16)(H,12,13,14)/t6-,7-/m0/s1. The monoisotopic (exact) mass is 254 g/mol. The van der Waals surface area contributed by atoms with Crippen LogP contribution in [0.2, 0.25) is 0 Å². The number of carboxylic acids is 1. The number of nitrogens with zero attached hydrogens (tertiary/aromatic N) is 1. The van der Waals surface area contributed by atoms with Crippen molar-refractivity contribution in [2.24, 2.45) is 17.3 Å². The summed E-state index contributed by atoms with van der Waals surface area (Å²) in [7, 11) is 0. The number of hydrogen-bond acceptors (Lipinski definition) is 4. The first-order valence-electron chi connectivity index (χ1n) is 5.30. The molecular weight excluding hydrogens is 240 g/mol. The molecule has 92 valence electrons. The Kier molecular flexibility index (Phi) is 2.69. The molecule has 1 heterocycles. The normalized spacial score (nSPS) is 25.4. The van der Waals surface area contributed by atoms with Crippen LogP contribution in [-0.4, -0.2) is 22.0 Å². The van der Waals surface area contributed by atoms with E-state index in [1.54, 1.807) is 20.0 Å². The lowest BCUT2D eigenvalue weighted by molar-refractivity contribution is -0.140. The highest BCUT2D eigenvalue weighted by molar-refractivity contribution is 7.15. The molecule has 0 radical (unpaired) electrons. The number of amides is 1. The average Bonchev–Trinajstić information content (AvgIpc) is 2.54. The van der Waals surface area contributed by atoms with E-state index >= 15 is 0 Å². The fourth-order valence-electron chi connectivity index (χ4n) is 2.18. The number of thiazole rings is 1. The third-order valence-corrected chi connectivity index (χ3v) is 4.06. The Morgan fingerprint density at radius 1 is 1.47 bits per heavy atom. The maximum absolute atomic E-state index is 11.9. The SMILES string of the molecule is Cc1cnc(NC(=O)[C@@H]2[C@@H](C(=O)O)C2(C)C)s1. The second kappa shape index (κ2) is 3.80. The molecule has 1 fully saturated rings. The fourth-order valence-corrected chi connectivity index (χ4v) is 2.85. The second-order valence-corrected chi connectivity index (χ2v) is 6.12. The molecule has 1 aromatic heterocycles. The van der Waals surface area contributed by atoms with Crippen LogP contribution in [-0.2, 0) is 9.59 Å². The minimum atomic E-state index is -0.912. The third-order valence-electron chi connectivity index (χ3n) is 3.23. The van der Waals surface area contributed by atoms with Crippen molar-refractivity contribution < 1.29 is 14.7 Å². The van der Waals surface area contributed by atoms with Crippen molar-refractivity contribution >= 4 is 28.3 Å². The summed E-state index contributed by atoms with van der Waals surface area (Å²) >= 11 is 1.38. The van der Waals surface area contributed by atoms with E-state index in [0.29, 0.717) is 5.13 Å². The molecule has 17 heavy (non-hydrogen) atoms. The van der Waals surface area contributed by atoms with Gasteiger partial charge in [-0.05, 0) is 12.3 Å². The molecule has 1 aromatic rings. The van der Waals surface area contributed by atoms with Gasteiger partial charge in [-0.2, -0.15) is 0 Å². The minimum absolute atomic E-state index is 0.253. The summed E-state index contributed by atoms with van der Waals surface area (Å²) in [5, 5.41) is 12.2. The molecule has 5 nitrogen and oxygen atoms in total. The van der Waals surface area contributed by atoms with Crippen molar-refractivity contribution in [3.8, 4) is 0 Å². The van der Waals surface area contributed by atoms with Gasteiger partial charge in [0.2, 0.25) is 5.91 Å². The fraction of sp³-hybridized carbons (Fsp3) is 0.545. The molecule has 2 rings (SSSR count). The quantitative estimate of drug-likeness (QED) is 0.861. The van der Waals surface area contributed by atoms with Crippen LogP contribution in [0.5, 0.6) is 0 Å². The van der Waals surface area contributed by atoms with Crippen molar-refractivity contribution in [1.82, 2.24) is 4.98 Å². The summed E-state index contributed by atoms with van der Waals surface area (Å²) in [6, 6.07) is 0. The minimum Gasteiger partial charge on any atom is -0.481 e. The van der Waals surface area contributed by atoms with Crippen LogP contribution in [0.15, 0.2) is 6.20 Å². The first-order chi connectivity index (χ1) is 7.84. The summed E-state index contributed by atoms with van der Waals surface area (Å²) in [6.07, 6.45) is 1.67. The maximum atomic E-state index is 11.9. The number of hydrogen-bond donors (Lipinski definition) is 2. The highest BCUT2D eigenvalue weighted by Gasteiger charge is 2.65. The Labute approximate surface area is 103 Å². The molecule has 2 atom stereocenters. The predicted octanol–water partition coefficient (Wildman–Crippen LogP) is 1.75. The van der Waals surface area contributed by atoms with E-state index in [1.165, 1.54) is 11.3 Å². The number of rotatable bonds is 3. The lowest BCUT2D eigenvalue weighted by Gasteiger charge is -2.02. The molecule has 0 unspecified atom stereocenters. The van der Waals surface area contributed by atoms with E-state index in [1.807, 2.05) is 6.92 Å². The van der Waals surface area contributed by atoms with Crippen LogP contribution in [0.4, 0.5) is 5.13 Å². The molecule has 2 N–H and O–H groups in total. The maximum Gasteiger partial charge on any atom is 0.307 e. The number of nitrogens with one attached hydrogen (secondary N) is 1. The molecule has 0 saturated heterocycles. The van der Waals surface area contributed by atoms with Gasteiger partial charge in [-0.15, -0.1) is 11.3 Å². The van der Waals surface area contributed by atoms with Gasteiger partial charge < -0.3 is 10.4 Å². The van der Waals surface area contributed by atoms with Gasteiger partial charge >= 0.3 is 5.97 Å². The van der Waals surface area contributed by atoms with E-state index in [4.69, 9.17) is 5.11 Å². The Morgan fingerprint density at radius 2 is 2.12 bits per heavy atom. The number of aliphatic carboxylic acids is 1. The van der Waals surface area contributed by atoms with Gasteiger partial charge in [0.15, 0.2) is 5.13 Å². The first kappa shape index (κ1) is 12.0. The lowest BCUT2D eigenvalue weighted by Crippen LogP contribution is -2.17. The van der Waals surface area contributed by atoms with E-state index in [-0.39, 0.29) is 5.91 Å². The molecule has 0 aromatic carbocycles. The van der Waals surface area contributed by atoms with Gasteiger partial charge in [0.25, 0.3) is 0 Å². The van der Waals surface area contributed by atoms with Gasteiger partial charge in [-0.3, -0.25) is 9.59 Å². The number of carbonyl (C=O) groups is 2. The summed E-state index contributed by atoms with van der Waals surface area (Å²) in [5.41, 5.74) is -0.470. The summed E-state index contributed by atoms with van der Waals surface area (Å²) in [6.45, 7) is 5.49. The number of aryl methyl sites for hydroxylation is 1. The van der Waals surface area contributed by atoms with Crippen LogP contribution in [0.1, 0.15) is 18.7 Å². The van der Waals surface area contributed by atoms with Gasteiger partial charge in [0.1, 0.15) is 0 Å². The van der Waals surface area contributed by atoms with Crippen LogP contribution in [0, 0.1) is 24.2 Å². The van der Waals surface area contributed by atoms with Crippen molar-refractivity contribution in [2.45, 2.75) is 20.8 Å². The Bertz CT molecular complexity index is 481. The Hall–Kier alpha value is -1.43. The molecule has 0 spiro atoms. The summed E-state index contributed by atoms with van der Waals surface area (Å²) in [5.74, 6) is -2.23. The largest absolute Gasteiger partial charge is 0.481 e. The average molecular weight is 254 g/mol. The van der Waals surface area contributed by atoms with E-state index in [9.17, 15) is 9.59 Å². The molecule has 1 aliphatic rings. The zero-order valence-corrected chi connectivity index (χ0v) is 10.7. The molecule has 1 aliphatic carbocycles. The zero-order chi connectivity index (χ0) is 12.8. The van der Waals surface area contributed by atoms with Crippen LogP contribution >= 0.6 is 11.3 Å². The summed E-state index contributed by atoms with van der Waals surface area (Å²) in [4.78, 5) is 27.9. The molecule has 6 heteroatoms. The van der Waals surface area contributed by atoms with Crippen molar-refractivity contribution in [1.29, 1.82) is 0 Å². The topological polar surface area (TPSA) is 79.3 Å². The van der Waals surface area contributed by atoms with Crippen molar-refractivity contribution in [2.75, 3.05) is 5.32 Å². The van der Waals surface area contributed by atoms with Crippen molar-refractivity contribution in [3.63, 3.8) is 0 Å². The lowest BCUT2D eigenvalue weighted by atomic mass is 10.1. The van der Waals surface area contributed by atoms with Crippen LogP contribution in [0.25, 0.3) is 0 Å². The highest BCUT2D eigenvalue weighted by atomic mass is 32.1. The number of carbonyl (C=O) groups excluding carboxylic acids is 1. The highest BCUT2D eigenvalue weighted by Crippen LogP contribution is 2.58.